The van der Waals surface area contributed by atoms with E-state index in [9.17, 15) is 4.79 Å². The van der Waals surface area contributed by atoms with Crippen molar-refractivity contribution in [2.45, 2.75) is 6.42 Å². The molecule has 1 aromatic carbocycles. The quantitative estimate of drug-likeness (QED) is 0.769. The Kier molecular flexibility index (Phi) is 4.19. The Bertz CT molecular complexity index is 609. The summed E-state index contributed by atoms with van der Waals surface area (Å²) in [6.07, 6.45) is 2.19. The van der Waals surface area contributed by atoms with E-state index in [2.05, 4.69) is 15.4 Å². The molecule has 2 aromatic rings. The van der Waals surface area contributed by atoms with Gasteiger partial charge in [-0.15, -0.1) is 0 Å². The first-order valence-corrected chi connectivity index (χ1v) is 6.16. The zero-order valence-electron chi connectivity index (χ0n) is 11.5. The lowest BCUT2D eigenvalue weighted by Crippen LogP contribution is -2.26. The van der Waals surface area contributed by atoms with Crippen molar-refractivity contribution in [1.82, 2.24) is 20.1 Å². The topological polar surface area (TPSA) is 95.1 Å². The number of benzene rings is 1. The molecule has 1 aromatic heterocycles. The molecule has 0 bridgehead atoms. The molecule has 0 radical (unpaired) electrons. The number of hydrogen-bond acceptors (Lipinski definition) is 5. The molecule has 20 heavy (non-hydrogen) atoms. The third-order valence-electron chi connectivity index (χ3n) is 2.79. The number of nitrogens with zero attached hydrogens (tertiary/aromatic N) is 3. The summed E-state index contributed by atoms with van der Waals surface area (Å²) in [6.45, 7) is 0.444. The van der Waals surface area contributed by atoms with E-state index in [0.717, 1.165) is 0 Å². The van der Waals surface area contributed by atoms with Gasteiger partial charge in [-0.3, -0.25) is 9.48 Å². The van der Waals surface area contributed by atoms with Gasteiger partial charge in [-0.2, -0.15) is 5.10 Å². The number of hydrogen-bond donors (Lipinski definition) is 2. The van der Waals surface area contributed by atoms with Crippen molar-refractivity contribution in [2.24, 2.45) is 7.05 Å². The molecule has 0 aliphatic carbocycles. The van der Waals surface area contributed by atoms with Gasteiger partial charge in [-0.25, -0.2) is 4.98 Å². The van der Waals surface area contributed by atoms with Crippen LogP contribution in [0, 0.1) is 0 Å². The molecule has 3 N–H and O–H groups in total. The molecule has 0 fully saturated rings. The average molecular weight is 275 g/mol. The zero-order chi connectivity index (χ0) is 14.5. The number of nitrogen functional groups attached to an aromatic ring is 1. The summed E-state index contributed by atoms with van der Waals surface area (Å²) in [5.74, 6) is 1.04. The first kappa shape index (κ1) is 13.9. The van der Waals surface area contributed by atoms with Gasteiger partial charge < -0.3 is 15.8 Å². The van der Waals surface area contributed by atoms with Crippen LogP contribution in [0.2, 0.25) is 0 Å². The summed E-state index contributed by atoms with van der Waals surface area (Å²) in [7, 11) is 3.34. The summed E-state index contributed by atoms with van der Waals surface area (Å²) < 4.78 is 6.70. The molecule has 1 heterocycles. The highest BCUT2D eigenvalue weighted by atomic mass is 16.5. The Morgan fingerprint density at radius 3 is 2.95 bits per heavy atom. The lowest BCUT2D eigenvalue weighted by atomic mass is 10.1. The first-order chi connectivity index (χ1) is 9.60. The Balaban J connectivity index is 1.94. The van der Waals surface area contributed by atoms with Crippen LogP contribution in [0.15, 0.2) is 24.5 Å². The van der Waals surface area contributed by atoms with Gasteiger partial charge in [0.25, 0.3) is 5.91 Å². The molecule has 1 amide bonds. The molecule has 7 nitrogen and oxygen atoms in total. The second kappa shape index (κ2) is 6.05. The SMILES string of the molecule is COc1ccc(N)c(C(=O)NCCc2ncn(C)n2)c1. The monoisotopic (exact) mass is 275 g/mol. The van der Waals surface area contributed by atoms with E-state index in [1.807, 2.05) is 0 Å². The highest BCUT2D eigenvalue weighted by Crippen LogP contribution is 2.19. The zero-order valence-corrected chi connectivity index (χ0v) is 11.5. The van der Waals surface area contributed by atoms with Gasteiger partial charge in [0.05, 0.1) is 12.7 Å². The van der Waals surface area contributed by atoms with E-state index in [-0.39, 0.29) is 5.91 Å². The fourth-order valence-corrected chi connectivity index (χ4v) is 1.74. The van der Waals surface area contributed by atoms with Gasteiger partial charge >= 0.3 is 0 Å². The number of ether oxygens (including phenoxy) is 1. The average Bonchev–Trinajstić information content (AvgIpc) is 2.85. The maximum Gasteiger partial charge on any atom is 0.253 e. The Morgan fingerprint density at radius 1 is 1.50 bits per heavy atom. The Labute approximate surface area is 116 Å². The van der Waals surface area contributed by atoms with Gasteiger partial charge in [-0.05, 0) is 18.2 Å². The minimum Gasteiger partial charge on any atom is -0.497 e. The van der Waals surface area contributed by atoms with E-state index < -0.39 is 0 Å². The van der Waals surface area contributed by atoms with Gasteiger partial charge in [0.2, 0.25) is 0 Å². The summed E-state index contributed by atoms with van der Waals surface area (Å²) in [4.78, 5) is 16.1. The maximum absolute atomic E-state index is 12.0. The number of aryl methyl sites for hydroxylation is 1. The molecule has 0 aliphatic rings. The van der Waals surface area contributed by atoms with E-state index in [0.29, 0.717) is 35.8 Å². The molecule has 0 spiro atoms. The van der Waals surface area contributed by atoms with Crippen LogP contribution < -0.4 is 15.8 Å². The normalized spacial score (nSPS) is 10.3. The van der Waals surface area contributed by atoms with Crippen molar-refractivity contribution in [3.63, 3.8) is 0 Å². The van der Waals surface area contributed by atoms with Crippen molar-refractivity contribution in [2.75, 3.05) is 19.4 Å². The number of amides is 1. The lowest BCUT2D eigenvalue weighted by molar-refractivity contribution is 0.0954. The van der Waals surface area contributed by atoms with Crippen molar-refractivity contribution in [3.05, 3.63) is 35.9 Å². The number of nitrogens with one attached hydrogen (secondary N) is 1. The second-order valence-electron chi connectivity index (χ2n) is 4.29. The minimum atomic E-state index is -0.239. The fourth-order valence-electron chi connectivity index (χ4n) is 1.74. The molecule has 0 saturated carbocycles. The smallest absolute Gasteiger partial charge is 0.253 e. The van der Waals surface area contributed by atoms with Gasteiger partial charge in [0.1, 0.15) is 12.1 Å². The summed E-state index contributed by atoms with van der Waals surface area (Å²) in [6, 6.07) is 4.97. The van der Waals surface area contributed by atoms with Gasteiger partial charge in [0.15, 0.2) is 5.82 Å². The second-order valence-corrected chi connectivity index (χ2v) is 4.29. The van der Waals surface area contributed by atoms with Crippen molar-refractivity contribution in [3.8, 4) is 5.75 Å². The van der Waals surface area contributed by atoms with E-state index in [1.165, 1.54) is 0 Å². The number of aromatic nitrogens is 3. The highest BCUT2D eigenvalue weighted by Gasteiger charge is 2.11. The van der Waals surface area contributed by atoms with Crippen molar-refractivity contribution >= 4 is 11.6 Å². The van der Waals surface area contributed by atoms with E-state index in [4.69, 9.17) is 10.5 Å². The standard InChI is InChI=1S/C13H17N5O2/c1-18-8-16-12(17-18)5-6-15-13(19)10-7-9(20-2)3-4-11(10)14/h3-4,7-8H,5-6,14H2,1-2H3,(H,15,19). The van der Waals surface area contributed by atoms with Crippen LogP contribution in [0.1, 0.15) is 16.2 Å². The molecule has 0 unspecified atom stereocenters. The summed E-state index contributed by atoms with van der Waals surface area (Å²) in [5, 5.41) is 6.92. The maximum atomic E-state index is 12.0. The fraction of sp³-hybridized carbons (Fsp3) is 0.308. The van der Waals surface area contributed by atoms with Crippen LogP contribution in [0.25, 0.3) is 0 Å². The van der Waals surface area contributed by atoms with Crippen molar-refractivity contribution in [1.29, 1.82) is 0 Å². The number of carbonyl (C=O) groups is 1. The molecule has 2 rings (SSSR count). The number of carbonyl (C=O) groups excluding carboxylic acids is 1. The molecule has 0 saturated heterocycles. The number of anilines is 1. The Morgan fingerprint density at radius 2 is 2.30 bits per heavy atom. The molecule has 0 aliphatic heterocycles. The molecular formula is C13H17N5O2. The van der Waals surface area contributed by atoms with Gasteiger partial charge in [0, 0.05) is 25.7 Å². The molecule has 0 atom stereocenters. The molecular weight excluding hydrogens is 258 g/mol. The highest BCUT2D eigenvalue weighted by molar-refractivity contribution is 5.99. The van der Waals surface area contributed by atoms with Crippen LogP contribution in [-0.2, 0) is 13.5 Å². The minimum absolute atomic E-state index is 0.239. The van der Waals surface area contributed by atoms with Crippen LogP contribution in [0.4, 0.5) is 5.69 Å². The van der Waals surface area contributed by atoms with Crippen LogP contribution >= 0.6 is 0 Å². The van der Waals surface area contributed by atoms with Crippen LogP contribution in [0.5, 0.6) is 5.75 Å². The van der Waals surface area contributed by atoms with E-state index >= 15 is 0 Å². The first-order valence-electron chi connectivity index (χ1n) is 6.16. The van der Waals surface area contributed by atoms with Crippen molar-refractivity contribution < 1.29 is 9.53 Å². The van der Waals surface area contributed by atoms with E-state index in [1.54, 1.807) is 43.4 Å². The summed E-state index contributed by atoms with van der Waals surface area (Å²) >= 11 is 0. The molecule has 7 heteroatoms. The lowest BCUT2D eigenvalue weighted by Gasteiger charge is -2.08. The number of methoxy groups -OCH3 is 1. The third kappa shape index (κ3) is 3.25. The largest absolute Gasteiger partial charge is 0.497 e. The van der Waals surface area contributed by atoms with Crippen LogP contribution in [-0.4, -0.2) is 34.3 Å². The van der Waals surface area contributed by atoms with Crippen LogP contribution in [0.3, 0.4) is 0 Å². The third-order valence-corrected chi connectivity index (χ3v) is 2.79. The number of rotatable bonds is 5. The predicted molar refractivity (Wildman–Crippen MR) is 74.4 cm³/mol. The Hall–Kier alpha value is -2.57. The summed E-state index contributed by atoms with van der Waals surface area (Å²) in [5.41, 5.74) is 6.60. The van der Waals surface area contributed by atoms with Gasteiger partial charge in [-0.1, -0.05) is 0 Å². The number of nitrogens with two attached hydrogens (primary N) is 1. The molecule has 106 valence electrons. The predicted octanol–water partition coefficient (Wildman–Crippen LogP) is 0.378.